The highest BCUT2D eigenvalue weighted by Crippen LogP contribution is 2.46. The number of carbonyl (C=O) groups excluding carboxylic acids is 2. The van der Waals surface area contributed by atoms with Crippen molar-refractivity contribution in [2.45, 2.75) is 45.1 Å². The molecule has 3 heterocycles. The fourth-order valence-corrected chi connectivity index (χ4v) is 5.39. The average Bonchev–Trinajstić information content (AvgIpc) is 3.42. The summed E-state index contributed by atoms with van der Waals surface area (Å²) in [6.07, 6.45) is 7.88. The van der Waals surface area contributed by atoms with Gasteiger partial charge in [0.1, 0.15) is 24.1 Å². The van der Waals surface area contributed by atoms with Crippen LogP contribution in [0.1, 0.15) is 54.8 Å². The molecule has 0 radical (unpaired) electrons. The molecule has 6 nitrogen and oxygen atoms in total. The lowest BCUT2D eigenvalue weighted by molar-refractivity contribution is -0.142. The van der Waals surface area contributed by atoms with Gasteiger partial charge in [-0.3, -0.25) is 14.6 Å². The van der Waals surface area contributed by atoms with Crippen LogP contribution in [0.4, 0.5) is 19.0 Å². The maximum absolute atomic E-state index is 13.9. The van der Waals surface area contributed by atoms with Crippen LogP contribution < -0.4 is 5.32 Å². The second-order valence-electron chi connectivity index (χ2n) is 10.9. The van der Waals surface area contributed by atoms with Gasteiger partial charge in [-0.2, -0.15) is 0 Å². The van der Waals surface area contributed by atoms with E-state index < -0.39 is 41.1 Å². The lowest BCUT2D eigenvalue weighted by Crippen LogP contribution is -2.43. The van der Waals surface area contributed by atoms with Gasteiger partial charge in [-0.05, 0) is 68.1 Å². The lowest BCUT2D eigenvalue weighted by Gasteiger charge is -2.34. The van der Waals surface area contributed by atoms with Gasteiger partial charge in [0.2, 0.25) is 11.8 Å². The first-order valence-electron chi connectivity index (χ1n) is 12.8. The van der Waals surface area contributed by atoms with Gasteiger partial charge in [-0.15, -0.1) is 0 Å². The normalized spacial score (nSPS) is 18.8. The van der Waals surface area contributed by atoms with E-state index in [1.165, 1.54) is 30.9 Å². The van der Waals surface area contributed by atoms with Crippen molar-refractivity contribution in [2.75, 3.05) is 18.5 Å². The van der Waals surface area contributed by atoms with Gasteiger partial charge < -0.3 is 10.2 Å². The molecule has 1 spiro atoms. The number of benzene rings is 1. The van der Waals surface area contributed by atoms with Crippen LogP contribution in [0.2, 0.25) is 0 Å². The van der Waals surface area contributed by atoms with Crippen LogP contribution in [-0.2, 0) is 27.8 Å². The first kappa shape index (κ1) is 26.6. The third kappa shape index (κ3) is 4.82. The summed E-state index contributed by atoms with van der Waals surface area (Å²) in [5.74, 6) is -1.47. The fourth-order valence-electron chi connectivity index (χ4n) is 5.39. The molecule has 0 fully saturated rings. The number of halogens is 3. The van der Waals surface area contributed by atoms with E-state index in [1.807, 2.05) is 18.2 Å². The summed E-state index contributed by atoms with van der Waals surface area (Å²) in [5.41, 5.74) is 1.71. The van der Waals surface area contributed by atoms with Crippen molar-refractivity contribution in [3.05, 3.63) is 94.5 Å². The summed E-state index contributed by atoms with van der Waals surface area (Å²) < 4.78 is 41.5. The fraction of sp³-hybridized carbons (Fsp3) is 0.333. The van der Waals surface area contributed by atoms with Gasteiger partial charge in [-0.25, -0.2) is 18.2 Å². The number of anilines is 1. The molecule has 2 aromatic heterocycles. The Balaban J connectivity index is 1.38. The van der Waals surface area contributed by atoms with Crippen molar-refractivity contribution in [1.29, 1.82) is 0 Å². The molecule has 2 aliphatic rings. The minimum atomic E-state index is -1.30. The molecule has 1 aliphatic carbocycles. The predicted molar refractivity (Wildman–Crippen MR) is 141 cm³/mol. The minimum Gasteiger partial charge on any atom is -0.332 e. The smallest absolute Gasteiger partial charge is 0.237 e. The molecule has 0 bridgehead atoms. The van der Waals surface area contributed by atoms with Gasteiger partial charge in [0.25, 0.3) is 0 Å². The Hall–Kier alpha value is -4.01. The first-order valence-corrected chi connectivity index (χ1v) is 12.8. The molecule has 1 aromatic carbocycles. The number of alkyl halides is 1. The molecule has 3 aromatic rings. The van der Waals surface area contributed by atoms with Crippen LogP contribution in [0.3, 0.4) is 0 Å². The van der Waals surface area contributed by atoms with E-state index in [2.05, 4.69) is 15.3 Å². The maximum atomic E-state index is 13.9. The van der Waals surface area contributed by atoms with E-state index in [4.69, 9.17) is 0 Å². The molecular formula is C30H29F3N4O2. The number of fused-ring (bicyclic) bond motifs is 3. The van der Waals surface area contributed by atoms with Crippen molar-refractivity contribution in [3.8, 4) is 0 Å². The average molecular weight is 535 g/mol. The highest BCUT2D eigenvalue weighted by Gasteiger charge is 2.51. The number of carbonyl (C=O) groups is 2. The Kier molecular flexibility index (Phi) is 6.78. The van der Waals surface area contributed by atoms with Crippen LogP contribution >= 0.6 is 0 Å². The number of nitrogens with zero attached hydrogens (tertiary/aromatic N) is 3. The van der Waals surface area contributed by atoms with E-state index >= 15 is 0 Å². The van der Waals surface area contributed by atoms with E-state index in [9.17, 15) is 22.8 Å². The van der Waals surface area contributed by atoms with Gasteiger partial charge in [0.15, 0.2) is 0 Å². The van der Waals surface area contributed by atoms with Gasteiger partial charge >= 0.3 is 0 Å². The molecule has 9 heteroatoms. The van der Waals surface area contributed by atoms with E-state index in [1.54, 1.807) is 31.5 Å². The van der Waals surface area contributed by atoms with E-state index in [-0.39, 0.29) is 18.0 Å². The molecule has 2 atom stereocenters. The Bertz CT molecular complexity index is 1470. The number of aromatic nitrogens is 2. The maximum Gasteiger partial charge on any atom is 0.237 e. The zero-order valence-corrected chi connectivity index (χ0v) is 22.0. The van der Waals surface area contributed by atoms with Crippen molar-refractivity contribution >= 4 is 23.7 Å². The zero-order valence-electron chi connectivity index (χ0n) is 22.0. The number of hydrogen-bond acceptors (Lipinski definition) is 4. The second-order valence-corrected chi connectivity index (χ2v) is 10.9. The molecule has 0 saturated carbocycles. The Morgan fingerprint density at radius 2 is 1.92 bits per heavy atom. The van der Waals surface area contributed by atoms with Crippen molar-refractivity contribution in [3.63, 3.8) is 0 Å². The molecule has 2 amide bonds. The third-order valence-corrected chi connectivity index (χ3v) is 7.65. The number of pyridine rings is 2. The highest BCUT2D eigenvalue weighted by molar-refractivity contribution is 6.06. The summed E-state index contributed by atoms with van der Waals surface area (Å²) in [5, 5.41) is 2.88. The molecule has 0 unspecified atom stereocenters. The second kappa shape index (κ2) is 9.94. The van der Waals surface area contributed by atoms with Crippen LogP contribution in [-0.4, -0.2) is 39.9 Å². The van der Waals surface area contributed by atoms with E-state index in [0.717, 1.165) is 28.5 Å². The van der Waals surface area contributed by atoms with Gasteiger partial charge in [0, 0.05) is 42.7 Å². The van der Waals surface area contributed by atoms with Crippen LogP contribution in [0.15, 0.2) is 54.9 Å². The largest absolute Gasteiger partial charge is 0.332 e. The Morgan fingerprint density at radius 3 is 2.64 bits per heavy atom. The minimum absolute atomic E-state index is 0.0845. The molecule has 39 heavy (non-hydrogen) atoms. The summed E-state index contributed by atoms with van der Waals surface area (Å²) >= 11 is 0. The number of rotatable bonds is 7. The van der Waals surface area contributed by atoms with Crippen LogP contribution in [0.5, 0.6) is 0 Å². The Morgan fingerprint density at radius 1 is 1.18 bits per heavy atom. The van der Waals surface area contributed by atoms with Crippen molar-refractivity contribution in [2.24, 2.45) is 5.41 Å². The molecule has 5 rings (SSSR count). The third-order valence-electron chi connectivity index (χ3n) is 7.65. The van der Waals surface area contributed by atoms with Crippen LogP contribution in [0, 0.1) is 17.0 Å². The summed E-state index contributed by atoms with van der Waals surface area (Å²) in [6.45, 7) is 3.86. The molecule has 0 saturated heterocycles. The SMILES string of the molecule is C[C@H](c1cc(F)cc(F)c1)N(CC=Cc1cnc2c(c1)C[C@@]1(C2)C(=O)Nc2ncccc21)C(=O)C(C)(C)CF. The van der Waals surface area contributed by atoms with Crippen LogP contribution in [0.25, 0.3) is 6.08 Å². The topological polar surface area (TPSA) is 75.2 Å². The lowest BCUT2D eigenvalue weighted by atomic mass is 9.80. The first-order chi connectivity index (χ1) is 18.5. The quantitative estimate of drug-likeness (QED) is 0.444. The summed E-state index contributed by atoms with van der Waals surface area (Å²) in [4.78, 5) is 36.5. The molecular weight excluding hydrogens is 505 g/mol. The molecule has 1 aliphatic heterocycles. The number of amides is 2. The highest BCUT2D eigenvalue weighted by atomic mass is 19.1. The Labute approximate surface area is 225 Å². The number of nitrogens with one attached hydrogen (secondary N) is 1. The van der Waals surface area contributed by atoms with Gasteiger partial charge in [-0.1, -0.05) is 18.2 Å². The zero-order chi connectivity index (χ0) is 27.9. The van der Waals surface area contributed by atoms with E-state index in [0.29, 0.717) is 18.7 Å². The van der Waals surface area contributed by atoms with Crippen molar-refractivity contribution < 1.29 is 22.8 Å². The molecule has 202 valence electrons. The standard InChI is InChI=1S/C30H29F3N4O2/c1-18(20-11-22(32)13-23(33)12-20)37(28(39)29(2,3)17-31)9-5-6-19-10-21-14-30(15-25(21)35-16-19)24-7-4-8-34-26(24)36-27(30)38/h4-8,10-13,16,18H,9,14-15,17H2,1-3H3,(H,34,36,38)/t18-,30+/m1/s1. The van der Waals surface area contributed by atoms with Gasteiger partial charge in [0.05, 0.1) is 16.9 Å². The molecule has 1 N–H and O–H groups in total. The number of hydrogen-bond donors (Lipinski definition) is 1. The van der Waals surface area contributed by atoms with Crippen molar-refractivity contribution in [1.82, 2.24) is 14.9 Å². The predicted octanol–water partition coefficient (Wildman–Crippen LogP) is 5.34. The summed E-state index contributed by atoms with van der Waals surface area (Å²) in [7, 11) is 0. The monoisotopic (exact) mass is 534 g/mol. The summed E-state index contributed by atoms with van der Waals surface area (Å²) in [6, 6.07) is 8.12.